The zero-order valence-corrected chi connectivity index (χ0v) is 12.2. The highest BCUT2D eigenvalue weighted by Crippen LogP contribution is 2.24. The van der Waals surface area contributed by atoms with Crippen molar-refractivity contribution in [2.45, 2.75) is 0 Å². The summed E-state index contributed by atoms with van der Waals surface area (Å²) in [7, 11) is 0. The van der Waals surface area contributed by atoms with Gasteiger partial charge in [0.05, 0.1) is 16.6 Å². The number of carbonyl (C=O) groups is 1. The summed E-state index contributed by atoms with van der Waals surface area (Å²) in [6.07, 6.45) is 0. The van der Waals surface area contributed by atoms with Crippen LogP contribution in [0.4, 0.5) is 4.39 Å². The highest BCUT2D eigenvalue weighted by molar-refractivity contribution is 14.1. The predicted molar refractivity (Wildman–Crippen MR) is 81.2 cm³/mol. The number of aromatic carboxylic acids is 1. The summed E-state index contributed by atoms with van der Waals surface area (Å²) < 4.78 is 14.7. The molecular weight excluding hydrogens is 374 g/mol. The molecule has 0 aliphatic carbocycles. The molecule has 0 amide bonds. The van der Waals surface area contributed by atoms with Crippen molar-refractivity contribution in [3.8, 4) is 11.4 Å². The van der Waals surface area contributed by atoms with Crippen LogP contribution < -0.4 is 0 Å². The minimum Gasteiger partial charge on any atom is -0.478 e. The normalized spacial score (nSPS) is 10.9. The van der Waals surface area contributed by atoms with Crippen molar-refractivity contribution in [3.63, 3.8) is 0 Å². The Bertz CT molecular complexity index is 829. The van der Waals surface area contributed by atoms with E-state index in [1.807, 2.05) is 24.3 Å². The van der Waals surface area contributed by atoms with E-state index in [9.17, 15) is 9.18 Å². The van der Waals surface area contributed by atoms with Crippen molar-refractivity contribution >= 4 is 39.6 Å². The van der Waals surface area contributed by atoms with Gasteiger partial charge < -0.3 is 10.1 Å². The van der Waals surface area contributed by atoms with E-state index in [4.69, 9.17) is 5.11 Å². The minimum atomic E-state index is -1.30. The van der Waals surface area contributed by atoms with E-state index in [0.29, 0.717) is 16.9 Å². The predicted octanol–water partition coefficient (Wildman–Crippen LogP) is 3.67. The van der Waals surface area contributed by atoms with Crippen molar-refractivity contribution in [3.05, 3.63) is 51.3 Å². The molecule has 20 heavy (non-hydrogen) atoms. The maximum atomic E-state index is 13.6. The van der Waals surface area contributed by atoms with Crippen LogP contribution in [0.5, 0.6) is 0 Å². The molecule has 0 saturated heterocycles. The zero-order chi connectivity index (χ0) is 14.3. The number of nitrogens with one attached hydrogen (secondary N) is 1. The van der Waals surface area contributed by atoms with Crippen LogP contribution in [0.15, 0.2) is 36.4 Å². The summed E-state index contributed by atoms with van der Waals surface area (Å²) in [6, 6.07) is 10.1. The van der Waals surface area contributed by atoms with Gasteiger partial charge in [-0.1, -0.05) is 12.1 Å². The summed E-state index contributed by atoms with van der Waals surface area (Å²) in [6.45, 7) is 0. The van der Waals surface area contributed by atoms with Crippen LogP contribution in [0, 0.1) is 9.39 Å². The van der Waals surface area contributed by atoms with Crippen molar-refractivity contribution < 1.29 is 14.3 Å². The van der Waals surface area contributed by atoms with Gasteiger partial charge in [0.2, 0.25) is 0 Å². The summed E-state index contributed by atoms with van der Waals surface area (Å²) >= 11 is 2.19. The molecule has 0 saturated carbocycles. The lowest BCUT2D eigenvalue weighted by molar-refractivity contribution is 0.0692. The summed E-state index contributed by atoms with van der Waals surface area (Å²) in [5.74, 6) is -1.49. The quantitative estimate of drug-likeness (QED) is 0.665. The third kappa shape index (κ3) is 2.26. The first-order chi connectivity index (χ1) is 9.54. The van der Waals surface area contributed by atoms with Gasteiger partial charge in [0, 0.05) is 15.2 Å². The maximum Gasteiger partial charge on any atom is 0.338 e. The zero-order valence-electron chi connectivity index (χ0n) is 10.0. The van der Waals surface area contributed by atoms with Crippen molar-refractivity contribution in [1.82, 2.24) is 9.97 Å². The first kappa shape index (κ1) is 13.0. The summed E-state index contributed by atoms with van der Waals surface area (Å²) in [5, 5.41) is 8.91. The lowest BCUT2D eigenvalue weighted by Gasteiger charge is -1.96. The van der Waals surface area contributed by atoms with E-state index in [1.165, 1.54) is 6.07 Å². The number of fused-ring (bicyclic) bond motifs is 1. The fourth-order valence-electron chi connectivity index (χ4n) is 1.97. The molecule has 3 aromatic rings. The molecule has 6 heteroatoms. The second kappa shape index (κ2) is 4.86. The Labute approximate surface area is 126 Å². The van der Waals surface area contributed by atoms with Crippen molar-refractivity contribution in [1.29, 1.82) is 0 Å². The lowest BCUT2D eigenvalue weighted by atomic mass is 10.2. The number of halogens is 2. The molecule has 1 aromatic heterocycles. The van der Waals surface area contributed by atoms with Crippen molar-refractivity contribution in [2.75, 3.05) is 0 Å². The fourth-order valence-corrected chi connectivity index (χ4v) is 2.51. The van der Waals surface area contributed by atoms with Gasteiger partial charge in [0.15, 0.2) is 0 Å². The molecule has 4 nitrogen and oxygen atoms in total. The second-order valence-corrected chi connectivity index (χ2v) is 5.50. The third-order valence-electron chi connectivity index (χ3n) is 2.90. The Morgan fingerprint density at radius 2 is 2.10 bits per heavy atom. The van der Waals surface area contributed by atoms with Crippen LogP contribution in [0.2, 0.25) is 0 Å². The lowest BCUT2D eigenvalue weighted by Crippen LogP contribution is -1.99. The molecule has 1 heterocycles. The van der Waals surface area contributed by atoms with Gasteiger partial charge in [-0.3, -0.25) is 0 Å². The molecule has 0 spiro atoms. The number of H-pyrrole nitrogens is 1. The topological polar surface area (TPSA) is 66.0 Å². The molecule has 0 radical (unpaired) electrons. The van der Waals surface area contributed by atoms with Crippen LogP contribution in [0.1, 0.15) is 10.4 Å². The standard InChI is InChI=1S/C14H8FIN2O2/c15-10-6-12-11(5-9(10)14(19)20)17-13(18-12)7-2-1-3-8(16)4-7/h1-6H,(H,17,18)(H,19,20). The Morgan fingerprint density at radius 3 is 2.80 bits per heavy atom. The molecule has 0 aliphatic rings. The minimum absolute atomic E-state index is 0.377. The Balaban J connectivity index is 2.18. The molecule has 2 N–H and O–H groups in total. The van der Waals surface area contributed by atoms with Crippen LogP contribution in [-0.4, -0.2) is 21.0 Å². The summed E-state index contributed by atoms with van der Waals surface area (Å²) in [4.78, 5) is 18.2. The number of hydrogen-bond donors (Lipinski definition) is 2. The van der Waals surface area contributed by atoms with E-state index in [-0.39, 0.29) is 5.56 Å². The second-order valence-electron chi connectivity index (χ2n) is 4.25. The monoisotopic (exact) mass is 382 g/mol. The smallest absolute Gasteiger partial charge is 0.338 e. The number of hydrogen-bond acceptors (Lipinski definition) is 2. The Morgan fingerprint density at radius 1 is 1.30 bits per heavy atom. The number of carboxylic acid groups (broad SMARTS) is 1. The Hall–Kier alpha value is -1.96. The molecular formula is C14H8FIN2O2. The number of carboxylic acids is 1. The number of rotatable bonds is 2. The third-order valence-corrected chi connectivity index (χ3v) is 3.57. The molecule has 3 rings (SSSR count). The van der Waals surface area contributed by atoms with Crippen LogP contribution in [-0.2, 0) is 0 Å². The van der Waals surface area contributed by atoms with Gasteiger partial charge in [-0.25, -0.2) is 14.2 Å². The van der Waals surface area contributed by atoms with E-state index in [2.05, 4.69) is 32.6 Å². The highest BCUT2D eigenvalue weighted by Gasteiger charge is 2.14. The van der Waals surface area contributed by atoms with Gasteiger partial charge in [0.25, 0.3) is 0 Å². The summed E-state index contributed by atoms with van der Waals surface area (Å²) in [5.41, 5.74) is 1.39. The van der Waals surface area contributed by atoms with Gasteiger partial charge in [-0.2, -0.15) is 0 Å². The number of aromatic nitrogens is 2. The molecule has 2 aromatic carbocycles. The van der Waals surface area contributed by atoms with Gasteiger partial charge in [0.1, 0.15) is 11.6 Å². The fraction of sp³-hybridized carbons (Fsp3) is 0. The molecule has 0 bridgehead atoms. The molecule has 100 valence electrons. The highest BCUT2D eigenvalue weighted by atomic mass is 127. The first-order valence-electron chi connectivity index (χ1n) is 5.73. The van der Waals surface area contributed by atoms with E-state index in [0.717, 1.165) is 15.2 Å². The van der Waals surface area contributed by atoms with Gasteiger partial charge in [-0.15, -0.1) is 0 Å². The van der Waals surface area contributed by atoms with E-state index >= 15 is 0 Å². The SMILES string of the molecule is O=C(O)c1cc2nc(-c3cccc(I)c3)[nH]c2cc1F. The Kier molecular flexibility index (Phi) is 3.17. The van der Waals surface area contributed by atoms with E-state index in [1.54, 1.807) is 0 Å². The molecule has 0 aliphatic heterocycles. The largest absolute Gasteiger partial charge is 0.478 e. The molecule has 0 fully saturated rings. The first-order valence-corrected chi connectivity index (χ1v) is 6.81. The van der Waals surface area contributed by atoms with Crippen LogP contribution >= 0.6 is 22.6 Å². The van der Waals surface area contributed by atoms with Crippen LogP contribution in [0.25, 0.3) is 22.4 Å². The molecule has 0 atom stereocenters. The van der Waals surface area contributed by atoms with Crippen molar-refractivity contribution in [2.24, 2.45) is 0 Å². The van der Waals surface area contributed by atoms with Crippen LogP contribution in [0.3, 0.4) is 0 Å². The van der Waals surface area contributed by atoms with E-state index < -0.39 is 11.8 Å². The average molecular weight is 382 g/mol. The van der Waals surface area contributed by atoms with Gasteiger partial charge in [-0.05, 0) is 40.8 Å². The maximum absolute atomic E-state index is 13.6. The average Bonchev–Trinajstić information content (AvgIpc) is 2.80. The number of benzene rings is 2. The number of aromatic amines is 1. The number of imidazole rings is 1. The van der Waals surface area contributed by atoms with Gasteiger partial charge >= 0.3 is 5.97 Å². The number of nitrogens with zero attached hydrogens (tertiary/aromatic N) is 1. The molecule has 0 unspecified atom stereocenters.